The van der Waals surface area contributed by atoms with E-state index < -0.39 is 0 Å². The molecule has 0 amide bonds. The van der Waals surface area contributed by atoms with Crippen LogP contribution in [0.3, 0.4) is 0 Å². The number of hydrogen-bond donors (Lipinski definition) is 0. The second kappa shape index (κ2) is 3.25. The molecule has 0 fully saturated rings. The van der Waals surface area contributed by atoms with Crippen LogP contribution in [0.15, 0.2) is 4.42 Å². The lowest BCUT2D eigenvalue weighted by Crippen LogP contribution is -2.06. The van der Waals surface area contributed by atoms with Gasteiger partial charge in [0.05, 0.1) is 0 Å². The molecule has 0 aliphatic rings. The number of rotatable bonds is 2. The van der Waals surface area contributed by atoms with Gasteiger partial charge in [-0.25, -0.2) is 0 Å². The summed E-state index contributed by atoms with van der Waals surface area (Å²) in [4.78, 5) is 0. The molecule has 3 heteroatoms. The summed E-state index contributed by atoms with van der Waals surface area (Å²) in [5.74, 6) is 1.40. The average molecular weight is 168 g/mol. The minimum absolute atomic E-state index is 0.336. The van der Waals surface area contributed by atoms with Crippen LogP contribution in [0.2, 0.25) is 0 Å². The molecule has 0 aliphatic carbocycles. The third kappa shape index (κ3) is 3.03. The van der Waals surface area contributed by atoms with Gasteiger partial charge in [0.25, 0.3) is 0 Å². The minimum atomic E-state index is 0.336. The summed E-state index contributed by atoms with van der Waals surface area (Å²) < 4.78 is 5.26. The molecule has 0 saturated carbocycles. The summed E-state index contributed by atoms with van der Waals surface area (Å²) in [6, 6.07) is 0. The SMILES string of the molecule is Cc1nnc(CCC(C)(C)C)o1. The summed E-state index contributed by atoms with van der Waals surface area (Å²) in [7, 11) is 0. The maximum atomic E-state index is 5.26. The van der Waals surface area contributed by atoms with E-state index in [2.05, 4.69) is 31.0 Å². The Morgan fingerprint density at radius 2 is 1.92 bits per heavy atom. The van der Waals surface area contributed by atoms with Crippen LogP contribution in [0, 0.1) is 12.3 Å². The third-order valence-corrected chi connectivity index (χ3v) is 1.66. The normalized spacial score (nSPS) is 12.0. The molecule has 1 aromatic rings. The molecule has 12 heavy (non-hydrogen) atoms. The van der Waals surface area contributed by atoms with Crippen LogP contribution in [-0.2, 0) is 6.42 Å². The second-order valence-electron chi connectivity index (χ2n) is 4.28. The number of hydrogen-bond acceptors (Lipinski definition) is 3. The van der Waals surface area contributed by atoms with Gasteiger partial charge >= 0.3 is 0 Å². The van der Waals surface area contributed by atoms with Gasteiger partial charge in [-0.3, -0.25) is 0 Å². The summed E-state index contributed by atoms with van der Waals surface area (Å²) in [5, 5.41) is 7.70. The Bertz CT molecular complexity index is 247. The topological polar surface area (TPSA) is 38.9 Å². The van der Waals surface area contributed by atoms with Crippen LogP contribution in [0.4, 0.5) is 0 Å². The average Bonchev–Trinajstić information content (AvgIpc) is 2.30. The zero-order valence-electron chi connectivity index (χ0n) is 8.22. The monoisotopic (exact) mass is 168 g/mol. The highest BCUT2D eigenvalue weighted by Gasteiger charge is 2.12. The van der Waals surface area contributed by atoms with Crippen molar-refractivity contribution in [2.24, 2.45) is 5.41 Å². The lowest BCUT2D eigenvalue weighted by molar-refractivity contribution is 0.352. The first-order chi connectivity index (χ1) is 5.47. The van der Waals surface area contributed by atoms with Gasteiger partial charge in [-0.15, -0.1) is 10.2 Å². The van der Waals surface area contributed by atoms with Gasteiger partial charge in [0.2, 0.25) is 11.8 Å². The van der Waals surface area contributed by atoms with Gasteiger partial charge in [-0.1, -0.05) is 20.8 Å². The molecule has 0 aromatic carbocycles. The summed E-state index contributed by atoms with van der Waals surface area (Å²) in [6.07, 6.45) is 1.96. The van der Waals surface area contributed by atoms with Crippen molar-refractivity contribution in [3.05, 3.63) is 11.8 Å². The molecule has 0 aliphatic heterocycles. The molecule has 1 rings (SSSR count). The third-order valence-electron chi connectivity index (χ3n) is 1.66. The predicted octanol–water partition coefficient (Wildman–Crippen LogP) is 2.36. The molecule has 0 atom stereocenters. The number of nitrogens with zero attached hydrogens (tertiary/aromatic N) is 2. The lowest BCUT2D eigenvalue weighted by atomic mass is 9.91. The Labute approximate surface area is 73.2 Å². The van der Waals surface area contributed by atoms with Gasteiger partial charge in [-0.05, 0) is 11.8 Å². The first kappa shape index (κ1) is 9.23. The largest absolute Gasteiger partial charge is 0.426 e. The van der Waals surface area contributed by atoms with Crippen molar-refractivity contribution in [2.45, 2.75) is 40.5 Å². The molecule has 0 saturated heterocycles. The lowest BCUT2D eigenvalue weighted by Gasteiger charge is -2.15. The quantitative estimate of drug-likeness (QED) is 0.680. The molecule has 1 aromatic heterocycles. The van der Waals surface area contributed by atoms with E-state index in [9.17, 15) is 0 Å². The molecule has 68 valence electrons. The molecule has 0 unspecified atom stereocenters. The summed E-state index contributed by atoms with van der Waals surface area (Å²) in [5.41, 5.74) is 0.336. The van der Waals surface area contributed by atoms with Gasteiger partial charge in [-0.2, -0.15) is 0 Å². The molecule has 1 heterocycles. The Morgan fingerprint density at radius 3 is 2.33 bits per heavy atom. The van der Waals surface area contributed by atoms with Crippen molar-refractivity contribution in [1.29, 1.82) is 0 Å². The smallest absolute Gasteiger partial charge is 0.216 e. The highest BCUT2D eigenvalue weighted by molar-refractivity contribution is 4.80. The molecule has 0 bridgehead atoms. The fraction of sp³-hybridized carbons (Fsp3) is 0.778. The van der Waals surface area contributed by atoms with Crippen molar-refractivity contribution < 1.29 is 4.42 Å². The van der Waals surface area contributed by atoms with E-state index in [0.717, 1.165) is 18.7 Å². The van der Waals surface area contributed by atoms with E-state index in [-0.39, 0.29) is 0 Å². The fourth-order valence-electron chi connectivity index (χ4n) is 0.920. The fourth-order valence-corrected chi connectivity index (χ4v) is 0.920. The van der Waals surface area contributed by atoms with Gasteiger partial charge < -0.3 is 4.42 Å². The first-order valence-corrected chi connectivity index (χ1v) is 4.26. The number of aryl methyl sites for hydroxylation is 2. The molecular formula is C9H16N2O. The molecule has 0 radical (unpaired) electrons. The first-order valence-electron chi connectivity index (χ1n) is 4.26. The van der Waals surface area contributed by atoms with Crippen molar-refractivity contribution in [1.82, 2.24) is 10.2 Å². The predicted molar refractivity (Wildman–Crippen MR) is 46.8 cm³/mol. The van der Waals surface area contributed by atoms with Gasteiger partial charge in [0.1, 0.15) is 0 Å². The van der Waals surface area contributed by atoms with Crippen LogP contribution in [-0.4, -0.2) is 10.2 Å². The Hall–Kier alpha value is -0.860. The van der Waals surface area contributed by atoms with Gasteiger partial charge in [0.15, 0.2) is 0 Å². The zero-order valence-corrected chi connectivity index (χ0v) is 8.22. The van der Waals surface area contributed by atoms with E-state index in [4.69, 9.17) is 4.42 Å². The minimum Gasteiger partial charge on any atom is -0.426 e. The highest BCUT2D eigenvalue weighted by atomic mass is 16.4. The Kier molecular flexibility index (Phi) is 2.50. The highest BCUT2D eigenvalue weighted by Crippen LogP contribution is 2.20. The van der Waals surface area contributed by atoms with Crippen LogP contribution in [0.1, 0.15) is 39.0 Å². The summed E-state index contributed by atoms with van der Waals surface area (Å²) >= 11 is 0. The maximum Gasteiger partial charge on any atom is 0.216 e. The van der Waals surface area contributed by atoms with Crippen molar-refractivity contribution in [2.75, 3.05) is 0 Å². The van der Waals surface area contributed by atoms with Crippen molar-refractivity contribution in [3.63, 3.8) is 0 Å². The van der Waals surface area contributed by atoms with E-state index in [1.807, 2.05) is 6.92 Å². The Morgan fingerprint density at radius 1 is 1.25 bits per heavy atom. The zero-order chi connectivity index (χ0) is 9.19. The van der Waals surface area contributed by atoms with E-state index in [1.165, 1.54) is 0 Å². The Balaban J connectivity index is 2.44. The maximum absolute atomic E-state index is 5.26. The van der Waals surface area contributed by atoms with E-state index in [1.54, 1.807) is 0 Å². The second-order valence-corrected chi connectivity index (χ2v) is 4.28. The van der Waals surface area contributed by atoms with Crippen LogP contribution in [0.5, 0.6) is 0 Å². The van der Waals surface area contributed by atoms with Crippen molar-refractivity contribution in [3.8, 4) is 0 Å². The van der Waals surface area contributed by atoms with Crippen LogP contribution in [0.25, 0.3) is 0 Å². The van der Waals surface area contributed by atoms with E-state index >= 15 is 0 Å². The van der Waals surface area contributed by atoms with Crippen LogP contribution >= 0.6 is 0 Å². The standard InChI is InChI=1S/C9H16N2O/c1-7-10-11-8(12-7)5-6-9(2,3)4/h5-6H2,1-4H3. The van der Waals surface area contributed by atoms with Crippen molar-refractivity contribution >= 4 is 0 Å². The molecular weight excluding hydrogens is 152 g/mol. The van der Waals surface area contributed by atoms with E-state index in [0.29, 0.717) is 11.3 Å². The number of aromatic nitrogens is 2. The van der Waals surface area contributed by atoms with Crippen LogP contribution < -0.4 is 0 Å². The molecule has 3 nitrogen and oxygen atoms in total. The molecule has 0 N–H and O–H groups in total. The summed E-state index contributed by atoms with van der Waals surface area (Å²) in [6.45, 7) is 8.43. The molecule has 0 spiro atoms. The van der Waals surface area contributed by atoms with Gasteiger partial charge in [0, 0.05) is 13.3 Å².